The first-order chi connectivity index (χ1) is 12.8. The number of anilines is 1. The van der Waals surface area contributed by atoms with Crippen molar-refractivity contribution in [3.8, 4) is 0 Å². The Morgan fingerprint density at radius 1 is 1.19 bits per heavy atom. The molecule has 2 heterocycles. The fourth-order valence-electron chi connectivity index (χ4n) is 2.86. The molecule has 0 aliphatic carbocycles. The van der Waals surface area contributed by atoms with Gasteiger partial charge in [-0.3, -0.25) is 10.1 Å². The Bertz CT molecular complexity index is 790. The summed E-state index contributed by atoms with van der Waals surface area (Å²) in [4.78, 5) is 32.8. The second kappa shape index (κ2) is 9.00. The molecule has 0 fully saturated rings. The highest BCUT2D eigenvalue weighted by Crippen LogP contribution is 2.32. The molecule has 27 heavy (non-hydrogen) atoms. The van der Waals surface area contributed by atoms with Crippen LogP contribution in [0.25, 0.3) is 0 Å². The lowest BCUT2D eigenvalue weighted by Crippen LogP contribution is -2.47. The van der Waals surface area contributed by atoms with Gasteiger partial charge in [0.05, 0.1) is 18.8 Å². The topological polar surface area (TPSA) is 120 Å². The molecular formula is C19H22N2O6. The lowest BCUT2D eigenvalue weighted by atomic mass is 10.1. The fourth-order valence-corrected chi connectivity index (χ4v) is 2.86. The Morgan fingerprint density at radius 2 is 1.85 bits per heavy atom. The van der Waals surface area contributed by atoms with E-state index in [2.05, 4.69) is 18.3 Å². The van der Waals surface area contributed by atoms with E-state index >= 15 is 0 Å². The number of furan rings is 1. The number of rotatable bonds is 4. The summed E-state index contributed by atoms with van der Waals surface area (Å²) in [5, 5.41) is 18.0. The van der Waals surface area contributed by atoms with Gasteiger partial charge in [0.25, 0.3) is 0 Å². The summed E-state index contributed by atoms with van der Waals surface area (Å²) in [7, 11) is 0. The maximum absolute atomic E-state index is 12.7. The van der Waals surface area contributed by atoms with E-state index in [-0.39, 0.29) is 18.0 Å². The highest BCUT2D eigenvalue weighted by molar-refractivity contribution is 6.27. The van der Waals surface area contributed by atoms with E-state index in [1.807, 2.05) is 42.2 Å². The van der Waals surface area contributed by atoms with E-state index < -0.39 is 11.9 Å². The zero-order valence-corrected chi connectivity index (χ0v) is 15.1. The van der Waals surface area contributed by atoms with Crippen LogP contribution in [-0.2, 0) is 27.3 Å². The average Bonchev–Trinajstić information content (AvgIpc) is 3.26. The van der Waals surface area contributed by atoms with Gasteiger partial charge in [0, 0.05) is 11.7 Å². The number of aliphatic carboxylic acids is 2. The molecule has 144 valence electrons. The second-order valence-corrected chi connectivity index (χ2v) is 6.18. The number of carboxylic acid groups (broad SMARTS) is 2. The van der Waals surface area contributed by atoms with Crippen molar-refractivity contribution < 1.29 is 29.0 Å². The van der Waals surface area contributed by atoms with Gasteiger partial charge in [-0.25, -0.2) is 9.59 Å². The summed E-state index contributed by atoms with van der Waals surface area (Å²) in [5.74, 6) is -2.70. The summed E-state index contributed by atoms with van der Waals surface area (Å²) >= 11 is 0. The third kappa shape index (κ3) is 5.18. The summed E-state index contributed by atoms with van der Waals surface area (Å²) in [6.45, 7) is 4.56. The van der Waals surface area contributed by atoms with Crippen LogP contribution in [0.15, 0.2) is 47.1 Å². The molecule has 0 radical (unpaired) electrons. The van der Waals surface area contributed by atoms with Gasteiger partial charge in [-0.2, -0.15) is 0 Å². The molecule has 8 heteroatoms. The quantitative estimate of drug-likeness (QED) is 0.699. The smallest absolute Gasteiger partial charge is 0.414 e. The Kier molecular flexibility index (Phi) is 6.73. The highest BCUT2D eigenvalue weighted by atomic mass is 16.4. The molecule has 0 spiro atoms. The zero-order chi connectivity index (χ0) is 20.0. The molecular weight excluding hydrogens is 352 g/mol. The number of fused-ring (bicyclic) bond motifs is 1. The molecule has 2 aromatic rings. The number of nitrogens with one attached hydrogen (secondary N) is 1. The minimum absolute atomic E-state index is 0.110. The predicted molar refractivity (Wildman–Crippen MR) is 97.4 cm³/mol. The second-order valence-electron chi connectivity index (χ2n) is 6.18. The molecule has 0 bridgehead atoms. The van der Waals surface area contributed by atoms with Crippen molar-refractivity contribution in [2.75, 3.05) is 4.90 Å². The zero-order valence-electron chi connectivity index (χ0n) is 15.1. The Labute approximate surface area is 156 Å². The highest BCUT2D eigenvalue weighted by Gasteiger charge is 2.32. The molecule has 1 aromatic heterocycles. The minimum atomic E-state index is -1.82. The monoisotopic (exact) mass is 374 g/mol. The first-order valence-electron chi connectivity index (χ1n) is 8.44. The summed E-state index contributed by atoms with van der Waals surface area (Å²) in [6.07, 6.45) is 2.56. The Morgan fingerprint density at radius 3 is 2.44 bits per heavy atom. The number of hydrogen-bond acceptors (Lipinski definition) is 5. The van der Waals surface area contributed by atoms with Crippen LogP contribution in [0.1, 0.15) is 25.2 Å². The van der Waals surface area contributed by atoms with Crippen molar-refractivity contribution >= 4 is 23.5 Å². The van der Waals surface area contributed by atoms with Crippen LogP contribution in [-0.4, -0.2) is 40.1 Å². The van der Waals surface area contributed by atoms with Gasteiger partial charge in [-0.15, -0.1) is 0 Å². The van der Waals surface area contributed by atoms with Crippen molar-refractivity contribution in [1.82, 2.24) is 5.32 Å². The lowest BCUT2D eigenvalue weighted by Gasteiger charge is -2.26. The summed E-state index contributed by atoms with van der Waals surface area (Å²) in [5.41, 5.74) is 2.29. The van der Waals surface area contributed by atoms with E-state index in [9.17, 15) is 4.79 Å². The van der Waals surface area contributed by atoms with E-state index in [0.717, 1.165) is 17.9 Å². The molecule has 1 aliphatic rings. The standard InChI is InChI=1S/C17H20N2O2.C2H2O4/c1-12-10-14-6-3-4-8-16(14)19(12)17(20)13(2)18-11-15-7-5-9-21-15;3-1(4)2(5)6/h3-9,12-13,18H,10-11H2,1-2H3;(H,3,4)(H,5,6). The Hall–Kier alpha value is -3.13. The Balaban J connectivity index is 0.000000380. The summed E-state index contributed by atoms with van der Waals surface area (Å²) in [6, 6.07) is 11.8. The van der Waals surface area contributed by atoms with Crippen LogP contribution >= 0.6 is 0 Å². The summed E-state index contributed by atoms with van der Waals surface area (Å²) < 4.78 is 5.28. The maximum Gasteiger partial charge on any atom is 0.414 e. The van der Waals surface area contributed by atoms with Crippen LogP contribution in [0.5, 0.6) is 0 Å². The normalized spacial score (nSPS) is 16.1. The first-order valence-corrected chi connectivity index (χ1v) is 8.44. The largest absolute Gasteiger partial charge is 0.473 e. The molecule has 3 N–H and O–H groups in total. The maximum atomic E-state index is 12.7. The third-order valence-electron chi connectivity index (χ3n) is 4.16. The van der Waals surface area contributed by atoms with Gasteiger partial charge in [0.15, 0.2) is 0 Å². The van der Waals surface area contributed by atoms with Crippen LogP contribution in [0, 0.1) is 0 Å². The molecule has 2 atom stereocenters. The van der Waals surface area contributed by atoms with Crippen molar-refractivity contribution in [3.05, 3.63) is 54.0 Å². The molecule has 1 amide bonds. The minimum Gasteiger partial charge on any atom is -0.473 e. The van der Waals surface area contributed by atoms with Crippen molar-refractivity contribution in [3.63, 3.8) is 0 Å². The molecule has 8 nitrogen and oxygen atoms in total. The number of nitrogens with zero attached hydrogens (tertiary/aromatic N) is 1. The van der Waals surface area contributed by atoms with Gasteiger partial charge in [-0.1, -0.05) is 18.2 Å². The van der Waals surface area contributed by atoms with Crippen LogP contribution in [0.2, 0.25) is 0 Å². The number of carbonyl (C=O) groups is 3. The molecule has 0 saturated carbocycles. The average molecular weight is 374 g/mol. The van der Waals surface area contributed by atoms with E-state index in [1.54, 1.807) is 6.26 Å². The van der Waals surface area contributed by atoms with Gasteiger partial charge < -0.3 is 19.5 Å². The van der Waals surface area contributed by atoms with E-state index in [1.165, 1.54) is 5.56 Å². The first kappa shape index (κ1) is 20.2. The predicted octanol–water partition coefficient (Wildman–Crippen LogP) is 1.89. The van der Waals surface area contributed by atoms with Crippen molar-refractivity contribution in [2.24, 2.45) is 0 Å². The van der Waals surface area contributed by atoms with Crippen LogP contribution in [0.3, 0.4) is 0 Å². The number of hydrogen-bond donors (Lipinski definition) is 3. The van der Waals surface area contributed by atoms with Gasteiger partial charge in [0.1, 0.15) is 5.76 Å². The van der Waals surface area contributed by atoms with Crippen LogP contribution < -0.4 is 10.2 Å². The lowest BCUT2D eigenvalue weighted by molar-refractivity contribution is -0.159. The van der Waals surface area contributed by atoms with E-state index in [0.29, 0.717) is 6.54 Å². The van der Waals surface area contributed by atoms with Gasteiger partial charge >= 0.3 is 11.9 Å². The molecule has 0 saturated heterocycles. The molecule has 1 aromatic carbocycles. The number of amides is 1. The fraction of sp³-hybridized carbons (Fsp3) is 0.316. The van der Waals surface area contributed by atoms with Crippen molar-refractivity contribution in [2.45, 2.75) is 38.9 Å². The third-order valence-corrected chi connectivity index (χ3v) is 4.16. The van der Waals surface area contributed by atoms with Crippen molar-refractivity contribution in [1.29, 1.82) is 0 Å². The molecule has 1 aliphatic heterocycles. The molecule has 2 unspecified atom stereocenters. The van der Waals surface area contributed by atoms with Crippen LogP contribution in [0.4, 0.5) is 5.69 Å². The van der Waals surface area contributed by atoms with E-state index in [4.69, 9.17) is 24.2 Å². The SMILES string of the molecule is CC(NCc1ccco1)C(=O)N1c2ccccc2CC1C.O=C(O)C(=O)O. The molecule has 3 rings (SSSR count). The number of carboxylic acids is 2. The van der Waals surface area contributed by atoms with Gasteiger partial charge in [0.2, 0.25) is 5.91 Å². The van der Waals surface area contributed by atoms with Gasteiger partial charge in [-0.05, 0) is 44.0 Å². The number of benzene rings is 1. The number of para-hydroxylation sites is 1. The number of carbonyl (C=O) groups excluding carboxylic acids is 1.